The first kappa shape index (κ1) is 13.5. The first-order chi connectivity index (χ1) is 7.65. The fraction of sp³-hybridized carbons (Fsp3) is 0.417. The summed E-state index contributed by atoms with van der Waals surface area (Å²) in [5.74, 6) is 0.178. The van der Waals surface area contributed by atoms with E-state index in [9.17, 15) is 4.79 Å². The molecule has 0 fully saturated rings. The van der Waals surface area contributed by atoms with Crippen LogP contribution in [-0.2, 0) is 11.2 Å². The van der Waals surface area contributed by atoms with Gasteiger partial charge in [-0.1, -0.05) is 35.3 Å². The van der Waals surface area contributed by atoms with E-state index >= 15 is 0 Å². The van der Waals surface area contributed by atoms with Crippen molar-refractivity contribution < 1.29 is 4.79 Å². The van der Waals surface area contributed by atoms with E-state index in [1.165, 1.54) is 0 Å². The summed E-state index contributed by atoms with van der Waals surface area (Å²) < 4.78 is 0. The zero-order valence-electron chi connectivity index (χ0n) is 9.01. The zero-order chi connectivity index (χ0) is 12.0. The number of benzene rings is 1. The molecule has 0 radical (unpaired) electrons. The summed E-state index contributed by atoms with van der Waals surface area (Å²) in [5.41, 5.74) is 6.16. The monoisotopic (exact) mass is 259 g/mol. The van der Waals surface area contributed by atoms with Crippen LogP contribution in [0.25, 0.3) is 0 Å². The molecular weight excluding hydrogens is 245 g/mol. The molecular formula is C12H15Cl2NO. The van der Waals surface area contributed by atoms with Gasteiger partial charge in [-0.15, -0.1) is 0 Å². The van der Waals surface area contributed by atoms with Crippen LogP contribution in [0.1, 0.15) is 24.8 Å². The van der Waals surface area contributed by atoms with Gasteiger partial charge in [0.1, 0.15) is 5.78 Å². The molecule has 0 saturated heterocycles. The number of rotatable bonds is 6. The highest BCUT2D eigenvalue weighted by atomic mass is 35.5. The molecule has 0 aliphatic heterocycles. The maximum atomic E-state index is 11.6. The molecule has 1 aromatic carbocycles. The number of carbonyl (C=O) groups excluding carboxylic acids is 1. The second kappa shape index (κ2) is 6.89. The highest BCUT2D eigenvalue weighted by Crippen LogP contribution is 2.26. The number of Topliss-reactive ketones (excluding diaryl/α,β-unsaturated/α-hetero) is 1. The van der Waals surface area contributed by atoms with E-state index < -0.39 is 0 Å². The van der Waals surface area contributed by atoms with Crippen molar-refractivity contribution in [2.75, 3.05) is 6.54 Å². The predicted molar refractivity (Wildman–Crippen MR) is 68.1 cm³/mol. The number of halogens is 2. The molecule has 4 heteroatoms. The lowest BCUT2D eigenvalue weighted by Crippen LogP contribution is -2.05. The molecule has 88 valence electrons. The Morgan fingerprint density at radius 2 is 2.00 bits per heavy atom. The van der Waals surface area contributed by atoms with Gasteiger partial charge in [0.15, 0.2) is 0 Å². The van der Waals surface area contributed by atoms with Gasteiger partial charge < -0.3 is 5.73 Å². The van der Waals surface area contributed by atoms with Crippen molar-refractivity contribution in [3.8, 4) is 0 Å². The quantitative estimate of drug-likeness (QED) is 0.798. The minimum Gasteiger partial charge on any atom is -0.330 e. The highest BCUT2D eigenvalue weighted by Gasteiger charge is 2.08. The summed E-state index contributed by atoms with van der Waals surface area (Å²) >= 11 is 11.9. The summed E-state index contributed by atoms with van der Waals surface area (Å²) in [7, 11) is 0. The van der Waals surface area contributed by atoms with Crippen LogP contribution in [0, 0.1) is 0 Å². The number of ketones is 1. The highest BCUT2D eigenvalue weighted by molar-refractivity contribution is 6.42. The normalized spacial score (nSPS) is 10.4. The fourth-order valence-corrected chi connectivity index (χ4v) is 1.84. The molecule has 0 saturated carbocycles. The van der Waals surface area contributed by atoms with Crippen LogP contribution in [0.4, 0.5) is 0 Å². The van der Waals surface area contributed by atoms with Crippen molar-refractivity contribution in [3.63, 3.8) is 0 Å². The van der Waals surface area contributed by atoms with Crippen LogP contribution in [0.3, 0.4) is 0 Å². The van der Waals surface area contributed by atoms with Gasteiger partial charge >= 0.3 is 0 Å². The number of nitrogens with two attached hydrogens (primary N) is 1. The van der Waals surface area contributed by atoms with Crippen molar-refractivity contribution in [1.29, 1.82) is 0 Å². The summed E-state index contributed by atoms with van der Waals surface area (Å²) in [4.78, 5) is 11.6. The molecule has 0 heterocycles. The van der Waals surface area contributed by atoms with Crippen LogP contribution in [0.15, 0.2) is 18.2 Å². The molecule has 2 N–H and O–H groups in total. The molecule has 0 aliphatic carbocycles. The van der Waals surface area contributed by atoms with Crippen LogP contribution in [0.5, 0.6) is 0 Å². The van der Waals surface area contributed by atoms with Gasteiger partial charge in [0.25, 0.3) is 0 Å². The van der Waals surface area contributed by atoms with Crippen molar-refractivity contribution >= 4 is 29.0 Å². The van der Waals surface area contributed by atoms with E-state index in [0.717, 1.165) is 18.4 Å². The van der Waals surface area contributed by atoms with Gasteiger partial charge in [0, 0.05) is 12.8 Å². The number of unbranched alkanes of at least 4 members (excludes halogenated alkanes) is 1. The second-order valence-corrected chi connectivity index (χ2v) is 4.46. The Morgan fingerprint density at radius 3 is 2.69 bits per heavy atom. The van der Waals surface area contributed by atoms with Crippen molar-refractivity contribution in [1.82, 2.24) is 0 Å². The molecule has 0 aromatic heterocycles. The third-order valence-electron chi connectivity index (χ3n) is 2.33. The Balaban J connectivity index is 2.53. The smallest absolute Gasteiger partial charge is 0.137 e. The Bertz CT molecular complexity index is 366. The van der Waals surface area contributed by atoms with Crippen molar-refractivity contribution in [3.05, 3.63) is 33.8 Å². The second-order valence-electron chi connectivity index (χ2n) is 3.67. The molecule has 0 aliphatic rings. The van der Waals surface area contributed by atoms with E-state index in [1.54, 1.807) is 12.1 Å². The molecule has 0 atom stereocenters. The SMILES string of the molecule is NCCCCC(=O)Cc1cccc(Cl)c1Cl. The number of carbonyl (C=O) groups is 1. The summed E-state index contributed by atoms with van der Waals surface area (Å²) in [6.45, 7) is 0.630. The van der Waals surface area contributed by atoms with Gasteiger partial charge in [-0.25, -0.2) is 0 Å². The Morgan fingerprint density at radius 1 is 1.25 bits per heavy atom. The summed E-state index contributed by atoms with van der Waals surface area (Å²) in [6, 6.07) is 5.35. The van der Waals surface area contributed by atoms with Gasteiger partial charge in [-0.05, 0) is 31.0 Å². The first-order valence-electron chi connectivity index (χ1n) is 5.30. The van der Waals surface area contributed by atoms with E-state index in [2.05, 4.69) is 0 Å². The molecule has 0 bridgehead atoms. The minimum absolute atomic E-state index is 0.178. The average molecular weight is 260 g/mol. The average Bonchev–Trinajstić information content (AvgIpc) is 2.25. The Hall–Kier alpha value is -0.570. The predicted octanol–water partition coefficient (Wildman–Crippen LogP) is 3.23. The number of hydrogen-bond acceptors (Lipinski definition) is 2. The molecule has 1 aromatic rings. The van der Waals surface area contributed by atoms with E-state index in [-0.39, 0.29) is 5.78 Å². The molecule has 0 spiro atoms. The van der Waals surface area contributed by atoms with E-state index in [4.69, 9.17) is 28.9 Å². The third kappa shape index (κ3) is 4.12. The van der Waals surface area contributed by atoms with Crippen LogP contribution >= 0.6 is 23.2 Å². The molecule has 2 nitrogen and oxygen atoms in total. The van der Waals surface area contributed by atoms with Gasteiger partial charge in [0.2, 0.25) is 0 Å². The largest absolute Gasteiger partial charge is 0.330 e. The van der Waals surface area contributed by atoms with Crippen LogP contribution < -0.4 is 5.73 Å². The van der Waals surface area contributed by atoms with Crippen molar-refractivity contribution in [2.45, 2.75) is 25.7 Å². The standard InChI is InChI=1S/C12H15Cl2NO/c13-11-6-3-4-9(12(11)14)8-10(16)5-1-2-7-15/h3-4,6H,1-2,5,7-8,15H2. The lowest BCUT2D eigenvalue weighted by molar-refractivity contribution is -0.118. The summed E-state index contributed by atoms with van der Waals surface area (Å²) in [5, 5.41) is 0.977. The third-order valence-corrected chi connectivity index (χ3v) is 3.19. The van der Waals surface area contributed by atoms with Crippen LogP contribution in [-0.4, -0.2) is 12.3 Å². The Labute approximate surface area is 106 Å². The lowest BCUT2D eigenvalue weighted by atomic mass is 10.0. The Kier molecular flexibility index (Phi) is 5.81. The first-order valence-corrected chi connectivity index (χ1v) is 6.05. The fourth-order valence-electron chi connectivity index (χ4n) is 1.45. The van der Waals surface area contributed by atoms with Crippen molar-refractivity contribution in [2.24, 2.45) is 5.73 Å². The summed E-state index contributed by atoms with van der Waals surface area (Å²) in [6.07, 6.45) is 2.63. The topological polar surface area (TPSA) is 43.1 Å². The molecule has 1 rings (SSSR count). The van der Waals surface area contributed by atoms with Gasteiger partial charge in [-0.2, -0.15) is 0 Å². The zero-order valence-corrected chi connectivity index (χ0v) is 10.5. The molecule has 0 amide bonds. The van der Waals surface area contributed by atoms with Crippen LogP contribution in [0.2, 0.25) is 10.0 Å². The maximum Gasteiger partial charge on any atom is 0.137 e. The molecule has 16 heavy (non-hydrogen) atoms. The van der Waals surface area contributed by atoms with Gasteiger partial charge in [-0.3, -0.25) is 4.79 Å². The van der Waals surface area contributed by atoms with Gasteiger partial charge in [0.05, 0.1) is 10.0 Å². The number of hydrogen-bond donors (Lipinski definition) is 1. The van der Waals surface area contributed by atoms with E-state index in [1.807, 2.05) is 6.07 Å². The minimum atomic E-state index is 0.178. The lowest BCUT2D eigenvalue weighted by Gasteiger charge is -2.04. The molecule has 0 unspecified atom stereocenters. The maximum absolute atomic E-state index is 11.6. The van der Waals surface area contributed by atoms with E-state index in [0.29, 0.717) is 29.4 Å².